The second-order valence-corrected chi connectivity index (χ2v) is 9.42. The second kappa shape index (κ2) is 7.76. The van der Waals surface area contributed by atoms with Gasteiger partial charge in [-0.1, -0.05) is 13.8 Å². The summed E-state index contributed by atoms with van der Waals surface area (Å²) in [6.07, 6.45) is 2.65. The number of aliphatic hydroxyl groups excluding tert-OH is 1. The van der Waals surface area contributed by atoms with E-state index in [1.165, 1.54) is 0 Å². The predicted molar refractivity (Wildman–Crippen MR) is 110 cm³/mol. The van der Waals surface area contributed by atoms with Crippen LogP contribution in [0.5, 0.6) is 5.75 Å². The molecule has 2 aliphatic carbocycles. The van der Waals surface area contributed by atoms with Crippen molar-refractivity contribution < 1.29 is 28.9 Å². The van der Waals surface area contributed by atoms with Gasteiger partial charge in [0.15, 0.2) is 0 Å². The van der Waals surface area contributed by atoms with Gasteiger partial charge in [0, 0.05) is 17.0 Å². The van der Waals surface area contributed by atoms with Crippen LogP contribution >= 0.6 is 0 Å². The average Bonchev–Trinajstić information content (AvgIpc) is 3.12. The number of esters is 1. The van der Waals surface area contributed by atoms with Crippen molar-refractivity contribution in [3.63, 3.8) is 0 Å². The number of aliphatic hydroxyl groups is 1. The van der Waals surface area contributed by atoms with Crippen LogP contribution in [0.2, 0.25) is 0 Å². The van der Waals surface area contributed by atoms with Gasteiger partial charge in [-0.25, -0.2) is 4.79 Å². The highest BCUT2D eigenvalue weighted by molar-refractivity contribution is 5.84. The molecule has 2 saturated carbocycles. The second-order valence-electron chi connectivity index (χ2n) is 9.42. The van der Waals surface area contributed by atoms with Gasteiger partial charge in [0.05, 0.1) is 20.1 Å². The number of hydrogen-bond donors (Lipinski definition) is 2. The zero-order valence-corrected chi connectivity index (χ0v) is 17.8. The maximum absolute atomic E-state index is 12.6. The van der Waals surface area contributed by atoms with Gasteiger partial charge in [-0.05, 0) is 61.3 Å². The van der Waals surface area contributed by atoms with E-state index < -0.39 is 17.6 Å². The molecule has 7 nitrogen and oxygen atoms in total. The maximum Gasteiger partial charge on any atom is 0.411 e. The predicted octanol–water partition coefficient (Wildman–Crippen LogP) is 3.75. The number of carbonyl (C=O) groups excluding carboxylic acids is 2. The number of fused-ring (bicyclic) bond motifs is 3. The van der Waals surface area contributed by atoms with Gasteiger partial charge in [-0.15, -0.1) is 0 Å². The summed E-state index contributed by atoms with van der Waals surface area (Å²) in [6.45, 7) is 4.16. The Morgan fingerprint density at radius 1 is 1.23 bits per heavy atom. The molecule has 4 rings (SSSR count). The first-order chi connectivity index (χ1) is 14.3. The third-order valence-corrected chi connectivity index (χ3v) is 7.90. The highest BCUT2D eigenvalue weighted by atomic mass is 16.6. The number of carbonyl (C=O) groups is 2. The molecule has 6 atom stereocenters. The van der Waals surface area contributed by atoms with E-state index in [1.807, 2.05) is 6.92 Å². The molecule has 3 fully saturated rings. The van der Waals surface area contributed by atoms with E-state index in [0.717, 1.165) is 19.3 Å². The van der Waals surface area contributed by atoms with E-state index in [-0.39, 0.29) is 35.9 Å². The van der Waals surface area contributed by atoms with Crippen molar-refractivity contribution in [2.24, 2.45) is 22.7 Å². The van der Waals surface area contributed by atoms with Crippen molar-refractivity contribution in [2.45, 2.75) is 58.2 Å². The number of amides is 1. The van der Waals surface area contributed by atoms with Crippen LogP contribution in [-0.2, 0) is 14.3 Å². The number of nitrogens with one attached hydrogen (secondary N) is 1. The molecule has 0 radical (unpaired) electrons. The van der Waals surface area contributed by atoms with E-state index >= 15 is 0 Å². The van der Waals surface area contributed by atoms with Crippen molar-refractivity contribution in [2.75, 3.05) is 19.0 Å². The highest BCUT2D eigenvalue weighted by Gasteiger charge is 2.62. The minimum absolute atomic E-state index is 0.0162. The number of methoxy groups -OCH3 is 1. The van der Waals surface area contributed by atoms with E-state index in [9.17, 15) is 14.7 Å². The summed E-state index contributed by atoms with van der Waals surface area (Å²) in [5.74, 6) is 0.912. The molecule has 6 unspecified atom stereocenters. The van der Waals surface area contributed by atoms with E-state index in [2.05, 4.69) is 12.2 Å². The molecule has 0 aromatic heterocycles. The summed E-state index contributed by atoms with van der Waals surface area (Å²) in [4.78, 5) is 24.5. The van der Waals surface area contributed by atoms with Crippen LogP contribution in [0, 0.1) is 22.7 Å². The molecule has 7 heteroatoms. The quantitative estimate of drug-likeness (QED) is 0.725. The summed E-state index contributed by atoms with van der Waals surface area (Å²) >= 11 is 0. The van der Waals surface area contributed by atoms with Gasteiger partial charge < -0.3 is 19.3 Å². The minimum Gasteiger partial charge on any atom is -0.497 e. The topological polar surface area (TPSA) is 94.1 Å². The summed E-state index contributed by atoms with van der Waals surface area (Å²) in [7, 11) is 1.59. The van der Waals surface area contributed by atoms with Gasteiger partial charge in [-0.2, -0.15) is 0 Å². The SMILES string of the molecule is COc1ccc(NC(=O)OC2CCC3(C)C4CC(=O)OC4CCC3C2(C)CO)cc1. The highest BCUT2D eigenvalue weighted by Crippen LogP contribution is 2.62. The molecule has 1 aromatic rings. The lowest BCUT2D eigenvalue weighted by Crippen LogP contribution is -2.59. The molecule has 1 aromatic carbocycles. The van der Waals surface area contributed by atoms with Gasteiger partial charge in [0.2, 0.25) is 0 Å². The molecule has 30 heavy (non-hydrogen) atoms. The maximum atomic E-state index is 12.6. The Morgan fingerprint density at radius 2 is 1.97 bits per heavy atom. The monoisotopic (exact) mass is 417 g/mol. The molecule has 1 aliphatic heterocycles. The Hall–Kier alpha value is -2.28. The Morgan fingerprint density at radius 3 is 2.63 bits per heavy atom. The zero-order chi connectivity index (χ0) is 21.5. The third kappa shape index (κ3) is 3.43. The fourth-order valence-corrected chi connectivity index (χ4v) is 6.24. The van der Waals surface area contributed by atoms with Crippen LogP contribution in [0.3, 0.4) is 0 Å². The molecular formula is C23H31NO6. The lowest BCUT2D eigenvalue weighted by atomic mass is 9.46. The zero-order valence-electron chi connectivity index (χ0n) is 17.8. The fourth-order valence-electron chi connectivity index (χ4n) is 6.24. The fraction of sp³-hybridized carbons (Fsp3) is 0.652. The van der Waals surface area contributed by atoms with Gasteiger partial charge in [0.25, 0.3) is 0 Å². The summed E-state index contributed by atoms with van der Waals surface area (Å²) in [5, 5.41) is 13.2. The number of rotatable bonds is 4. The first-order valence-corrected chi connectivity index (χ1v) is 10.7. The van der Waals surface area contributed by atoms with Gasteiger partial charge in [0.1, 0.15) is 18.0 Å². The molecule has 1 saturated heterocycles. The minimum atomic E-state index is -0.569. The van der Waals surface area contributed by atoms with E-state index in [4.69, 9.17) is 14.2 Å². The third-order valence-electron chi connectivity index (χ3n) is 7.90. The lowest BCUT2D eigenvalue weighted by molar-refractivity contribution is -0.174. The summed E-state index contributed by atoms with van der Waals surface area (Å²) in [6, 6.07) is 7.04. The summed E-state index contributed by atoms with van der Waals surface area (Å²) < 4.78 is 16.5. The molecule has 2 N–H and O–H groups in total. The molecule has 1 amide bonds. The smallest absolute Gasteiger partial charge is 0.411 e. The molecule has 164 valence electrons. The molecule has 3 aliphatic rings. The van der Waals surface area contributed by atoms with E-state index in [1.54, 1.807) is 31.4 Å². The van der Waals surface area contributed by atoms with Gasteiger partial charge in [-0.3, -0.25) is 10.1 Å². The lowest BCUT2D eigenvalue weighted by Gasteiger charge is -2.59. The number of anilines is 1. The van der Waals surface area contributed by atoms with Crippen molar-refractivity contribution in [3.05, 3.63) is 24.3 Å². The van der Waals surface area contributed by atoms with Crippen LogP contribution in [0.1, 0.15) is 46.0 Å². The van der Waals surface area contributed by atoms with Crippen LogP contribution in [0.4, 0.5) is 10.5 Å². The average molecular weight is 418 g/mol. The number of hydrogen-bond acceptors (Lipinski definition) is 6. The first kappa shape index (κ1) is 21.0. The van der Waals surface area contributed by atoms with Crippen LogP contribution in [-0.4, -0.2) is 43.1 Å². The van der Waals surface area contributed by atoms with Crippen LogP contribution in [0.25, 0.3) is 0 Å². The Labute approximate surface area is 177 Å². The van der Waals surface area contributed by atoms with Crippen LogP contribution < -0.4 is 10.1 Å². The van der Waals surface area contributed by atoms with Gasteiger partial charge >= 0.3 is 12.1 Å². The van der Waals surface area contributed by atoms with Crippen LogP contribution in [0.15, 0.2) is 24.3 Å². The molecule has 0 bridgehead atoms. The van der Waals surface area contributed by atoms with E-state index in [0.29, 0.717) is 24.3 Å². The van der Waals surface area contributed by atoms with Crippen molar-refractivity contribution in [1.29, 1.82) is 0 Å². The number of ether oxygens (including phenoxy) is 3. The standard InChI is InChI=1S/C23H31NO6/c1-22-11-10-19(30-21(27)24-14-4-6-15(28-3)7-5-14)23(2,13-25)18(22)9-8-17-16(22)12-20(26)29-17/h4-7,16-19,25H,8-13H2,1-3H3,(H,24,27). The Bertz CT molecular complexity index is 810. The Balaban J connectivity index is 1.48. The first-order valence-electron chi connectivity index (χ1n) is 10.7. The summed E-state index contributed by atoms with van der Waals surface area (Å²) in [5.41, 5.74) is -0.0611. The Kier molecular flexibility index (Phi) is 5.43. The van der Waals surface area contributed by atoms with Crippen molar-refractivity contribution in [1.82, 2.24) is 0 Å². The molecular weight excluding hydrogens is 386 g/mol. The molecule has 1 heterocycles. The largest absolute Gasteiger partial charge is 0.497 e. The molecule has 0 spiro atoms. The van der Waals surface area contributed by atoms with Crippen molar-refractivity contribution in [3.8, 4) is 5.75 Å². The number of benzene rings is 1. The normalized spacial score (nSPS) is 37.5. The van der Waals surface area contributed by atoms with Crippen molar-refractivity contribution >= 4 is 17.7 Å².